The number of thiazole rings is 1. The van der Waals surface area contributed by atoms with Crippen molar-refractivity contribution in [3.63, 3.8) is 0 Å². The molecule has 2 rings (SSSR count). The van der Waals surface area contributed by atoms with Crippen LogP contribution in [0.25, 0.3) is 10.4 Å². The van der Waals surface area contributed by atoms with E-state index in [2.05, 4.69) is 4.98 Å². The second-order valence-corrected chi connectivity index (χ2v) is 6.71. The predicted octanol–water partition coefficient (Wildman–Crippen LogP) is 1.58. The van der Waals surface area contributed by atoms with Crippen molar-refractivity contribution in [2.45, 2.75) is 4.34 Å². The number of benzene rings is 1. The molecule has 0 amide bonds. The summed E-state index contributed by atoms with van der Waals surface area (Å²) in [5.41, 5.74) is 0.940. The van der Waals surface area contributed by atoms with Crippen molar-refractivity contribution in [2.24, 2.45) is 0 Å². The van der Waals surface area contributed by atoms with Crippen molar-refractivity contribution < 1.29 is 13.5 Å². The van der Waals surface area contributed by atoms with E-state index in [-0.39, 0.29) is 16.7 Å². The highest BCUT2D eigenvalue weighted by molar-refractivity contribution is 7.93. The zero-order valence-corrected chi connectivity index (χ0v) is 10.5. The fraction of sp³-hybridized carbons (Fsp3) is 0.182. The first kappa shape index (κ1) is 12.2. The second-order valence-electron chi connectivity index (χ2n) is 3.40. The number of hydrogen-bond acceptors (Lipinski definition) is 5. The van der Waals surface area contributed by atoms with Gasteiger partial charge in [-0.3, -0.25) is 0 Å². The Morgan fingerprint density at radius 1 is 1.24 bits per heavy atom. The van der Waals surface area contributed by atoms with Crippen LogP contribution in [-0.4, -0.2) is 30.9 Å². The van der Waals surface area contributed by atoms with Gasteiger partial charge in [-0.15, -0.1) is 11.3 Å². The molecule has 0 unspecified atom stereocenters. The van der Waals surface area contributed by atoms with E-state index in [1.54, 1.807) is 6.20 Å². The van der Waals surface area contributed by atoms with Gasteiger partial charge in [0.15, 0.2) is 0 Å². The normalized spacial score (nSPS) is 11.6. The summed E-state index contributed by atoms with van der Waals surface area (Å²) in [6, 6.07) is 9.47. The van der Waals surface area contributed by atoms with E-state index in [9.17, 15) is 8.42 Å². The summed E-state index contributed by atoms with van der Waals surface area (Å²) in [7, 11) is -3.44. The largest absolute Gasteiger partial charge is 0.395 e. The number of rotatable bonds is 4. The van der Waals surface area contributed by atoms with Crippen LogP contribution in [0.5, 0.6) is 0 Å². The quantitative estimate of drug-likeness (QED) is 0.915. The molecule has 0 radical (unpaired) electrons. The highest BCUT2D eigenvalue weighted by Gasteiger charge is 2.18. The molecule has 1 N–H and O–H groups in total. The number of sulfone groups is 1. The lowest BCUT2D eigenvalue weighted by Gasteiger charge is -1.96. The summed E-state index contributed by atoms with van der Waals surface area (Å²) in [4.78, 5) is 4.71. The lowest BCUT2D eigenvalue weighted by molar-refractivity contribution is 0.319. The van der Waals surface area contributed by atoms with Gasteiger partial charge in [-0.05, 0) is 5.56 Å². The molecule has 0 aliphatic heterocycles. The summed E-state index contributed by atoms with van der Waals surface area (Å²) >= 11 is 1.12. The van der Waals surface area contributed by atoms with Gasteiger partial charge in [0, 0.05) is 6.20 Å². The van der Waals surface area contributed by atoms with E-state index in [1.807, 2.05) is 30.3 Å². The molecule has 1 aromatic carbocycles. The lowest BCUT2D eigenvalue weighted by Crippen LogP contribution is -2.09. The zero-order chi connectivity index (χ0) is 12.3. The molecule has 0 spiro atoms. The molecule has 0 fully saturated rings. The van der Waals surface area contributed by atoms with Crippen LogP contribution in [0.15, 0.2) is 40.9 Å². The zero-order valence-electron chi connectivity index (χ0n) is 8.91. The minimum atomic E-state index is -3.44. The molecule has 1 heterocycles. The van der Waals surface area contributed by atoms with E-state index in [1.165, 1.54) is 0 Å². The number of aliphatic hydroxyl groups excluding tert-OH is 1. The molecule has 6 heteroatoms. The molecule has 0 saturated carbocycles. The van der Waals surface area contributed by atoms with Gasteiger partial charge in [-0.25, -0.2) is 13.4 Å². The topological polar surface area (TPSA) is 67.3 Å². The first-order valence-electron chi connectivity index (χ1n) is 4.98. The first-order chi connectivity index (χ1) is 8.13. The van der Waals surface area contributed by atoms with Gasteiger partial charge in [-0.2, -0.15) is 0 Å². The molecule has 0 aliphatic carbocycles. The summed E-state index contributed by atoms with van der Waals surface area (Å²) in [5, 5.41) is 8.68. The van der Waals surface area contributed by atoms with Crippen molar-refractivity contribution in [1.29, 1.82) is 0 Å². The van der Waals surface area contributed by atoms with Crippen LogP contribution in [0.1, 0.15) is 0 Å². The van der Waals surface area contributed by atoms with E-state index in [4.69, 9.17) is 5.11 Å². The van der Waals surface area contributed by atoms with Gasteiger partial charge in [0.05, 0.1) is 17.2 Å². The molecular formula is C11H11NO3S2. The van der Waals surface area contributed by atoms with Gasteiger partial charge >= 0.3 is 0 Å². The predicted molar refractivity (Wildman–Crippen MR) is 66.7 cm³/mol. The van der Waals surface area contributed by atoms with Gasteiger partial charge < -0.3 is 5.11 Å². The average Bonchev–Trinajstić information content (AvgIpc) is 2.80. The Hall–Kier alpha value is -1.24. The van der Waals surface area contributed by atoms with Crippen LogP contribution in [0.3, 0.4) is 0 Å². The average molecular weight is 269 g/mol. The Morgan fingerprint density at radius 3 is 2.59 bits per heavy atom. The number of hydrogen-bond donors (Lipinski definition) is 1. The Labute approximate surface area is 103 Å². The van der Waals surface area contributed by atoms with E-state index < -0.39 is 9.84 Å². The maximum Gasteiger partial charge on any atom is 0.209 e. The van der Waals surface area contributed by atoms with Crippen LogP contribution >= 0.6 is 11.3 Å². The third kappa shape index (κ3) is 2.71. The summed E-state index contributed by atoms with van der Waals surface area (Å²) in [5.74, 6) is -0.283. The van der Waals surface area contributed by atoms with Crippen molar-refractivity contribution in [3.05, 3.63) is 36.5 Å². The Kier molecular flexibility index (Phi) is 3.56. The van der Waals surface area contributed by atoms with Crippen LogP contribution in [0.4, 0.5) is 0 Å². The standard InChI is InChI=1S/C11H11NO3S2/c13-6-7-17(14,15)11-12-8-10(16-11)9-4-2-1-3-5-9/h1-5,8,13H,6-7H2. The molecule has 2 aromatic rings. The van der Waals surface area contributed by atoms with Crippen LogP contribution in [-0.2, 0) is 9.84 Å². The lowest BCUT2D eigenvalue weighted by atomic mass is 10.2. The number of aromatic nitrogens is 1. The summed E-state index contributed by atoms with van der Waals surface area (Å²) in [6.07, 6.45) is 1.55. The Morgan fingerprint density at radius 2 is 1.94 bits per heavy atom. The summed E-state index contributed by atoms with van der Waals surface area (Å²) < 4.78 is 23.4. The fourth-order valence-corrected chi connectivity index (χ4v) is 3.65. The number of aliphatic hydroxyl groups is 1. The van der Waals surface area contributed by atoms with Gasteiger partial charge in [0.2, 0.25) is 14.2 Å². The molecule has 4 nitrogen and oxygen atoms in total. The number of nitrogens with zero attached hydrogens (tertiary/aromatic N) is 1. The van der Waals surface area contributed by atoms with Gasteiger partial charge in [0.1, 0.15) is 0 Å². The van der Waals surface area contributed by atoms with Crippen LogP contribution in [0.2, 0.25) is 0 Å². The van der Waals surface area contributed by atoms with Gasteiger partial charge in [0.25, 0.3) is 0 Å². The Bertz CT molecular complexity index is 590. The van der Waals surface area contributed by atoms with Crippen molar-refractivity contribution >= 4 is 21.2 Å². The maximum atomic E-state index is 11.7. The van der Waals surface area contributed by atoms with Crippen molar-refractivity contribution in [3.8, 4) is 10.4 Å². The van der Waals surface area contributed by atoms with Crippen LogP contribution in [0, 0.1) is 0 Å². The summed E-state index contributed by atoms with van der Waals surface area (Å²) in [6.45, 7) is -0.386. The SMILES string of the molecule is O=S(=O)(CCO)c1ncc(-c2ccccc2)s1. The second kappa shape index (κ2) is 4.95. The van der Waals surface area contributed by atoms with E-state index in [0.717, 1.165) is 21.8 Å². The van der Waals surface area contributed by atoms with Crippen molar-refractivity contribution in [1.82, 2.24) is 4.98 Å². The highest BCUT2D eigenvalue weighted by atomic mass is 32.2. The van der Waals surface area contributed by atoms with Crippen molar-refractivity contribution in [2.75, 3.05) is 12.4 Å². The molecule has 17 heavy (non-hydrogen) atoms. The third-order valence-electron chi connectivity index (χ3n) is 2.17. The molecule has 0 atom stereocenters. The Balaban J connectivity index is 2.35. The molecule has 0 bridgehead atoms. The molecule has 90 valence electrons. The fourth-order valence-electron chi connectivity index (χ4n) is 1.35. The monoisotopic (exact) mass is 269 g/mol. The molecule has 0 aliphatic rings. The molecule has 0 saturated heterocycles. The minimum Gasteiger partial charge on any atom is -0.395 e. The van der Waals surface area contributed by atoms with Gasteiger partial charge in [-0.1, -0.05) is 30.3 Å². The smallest absolute Gasteiger partial charge is 0.209 e. The third-order valence-corrected chi connectivity index (χ3v) is 5.38. The minimum absolute atomic E-state index is 0.0606. The highest BCUT2D eigenvalue weighted by Crippen LogP contribution is 2.28. The van der Waals surface area contributed by atoms with E-state index >= 15 is 0 Å². The first-order valence-corrected chi connectivity index (χ1v) is 7.45. The van der Waals surface area contributed by atoms with E-state index in [0.29, 0.717) is 0 Å². The molecular weight excluding hydrogens is 258 g/mol. The molecule has 1 aromatic heterocycles. The maximum absolute atomic E-state index is 11.7. The van der Waals surface area contributed by atoms with Crippen LogP contribution < -0.4 is 0 Å².